The molecule has 0 saturated heterocycles. The second-order valence-corrected chi connectivity index (χ2v) is 10.3. The number of aromatic nitrogens is 2. The summed E-state index contributed by atoms with van der Waals surface area (Å²) in [6.07, 6.45) is 7.56. The van der Waals surface area contributed by atoms with Crippen LogP contribution in [0.3, 0.4) is 0 Å². The number of hydrogen-bond acceptors (Lipinski definition) is 9. The summed E-state index contributed by atoms with van der Waals surface area (Å²) in [6, 6.07) is 2.87. The number of nitrogens with zero attached hydrogens (tertiary/aromatic N) is 5. The second kappa shape index (κ2) is 15.8. The molecular formula is C29H46N6O4. The summed E-state index contributed by atoms with van der Waals surface area (Å²) in [4.78, 5) is 47.1. The number of aldehydes is 1. The number of fused-ring (bicyclic) bond motifs is 1. The van der Waals surface area contributed by atoms with Crippen molar-refractivity contribution in [1.29, 1.82) is 0 Å². The fourth-order valence-corrected chi connectivity index (χ4v) is 3.75. The maximum absolute atomic E-state index is 12.0. The van der Waals surface area contributed by atoms with Gasteiger partial charge in [-0.2, -0.15) is 4.98 Å². The summed E-state index contributed by atoms with van der Waals surface area (Å²) in [7, 11) is 5.58. The molecule has 1 aromatic heterocycles. The number of unbranched alkanes of at least 4 members (excludes halogenated alkanes) is 1. The number of ether oxygens (including phenoxy) is 1. The Balaban J connectivity index is 0.000000975. The maximum Gasteiger partial charge on any atom is 0.317 e. The zero-order valence-electron chi connectivity index (χ0n) is 25.3. The van der Waals surface area contributed by atoms with Gasteiger partial charge in [-0.05, 0) is 32.4 Å². The highest BCUT2D eigenvalue weighted by atomic mass is 16.5. The number of benzene rings is 1. The van der Waals surface area contributed by atoms with Gasteiger partial charge < -0.3 is 24.6 Å². The van der Waals surface area contributed by atoms with E-state index < -0.39 is 11.5 Å². The van der Waals surface area contributed by atoms with Gasteiger partial charge in [-0.15, -0.1) is 4.91 Å². The molecule has 10 heteroatoms. The minimum Gasteiger partial charge on any atom is -0.485 e. The number of nitrogens with one attached hydrogen (secondary N) is 1. The Labute approximate surface area is 233 Å². The molecule has 1 N–H and O–H groups in total. The second-order valence-electron chi connectivity index (χ2n) is 10.3. The Morgan fingerprint density at radius 2 is 1.77 bits per heavy atom. The van der Waals surface area contributed by atoms with Gasteiger partial charge in [-0.1, -0.05) is 53.9 Å². The first-order valence-electron chi connectivity index (χ1n) is 13.7. The summed E-state index contributed by atoms with van der Waals surface area (Å²) in [5.41, 5.74) is 1.64. The van der Waals surface area contributed by atoms with Gasteiger partial charge in [0.25, 0.3) is 0 Å². The highest BCUT2D eigenvalue weighted by Gasteiger charge is 2.35. The number of nitroso groups, excluding NO2 is 1. The van der Waals surface area contributed by atoms with Gasteiger partial charge in [0.05, 0.1) is 29.2 Å². The molecule has 39 heavy (non-hydrogen) atoms. The maximum atomic E-state index is 12.0. The molecule has 0 fully saturated rings. The molecule has 1 unspecified atom stereocenters. The molecule has 3 rings (SSSR count). The Kier molecular flexibility index (Phi) is 13.5. The van der Waals surface area contributed by atoms with Crippen LogP contribution in [0.2, 0.25) is 0 Å². The third-order valence-electron chi connectivity index (χ3n) is 5.94. The van der Waals surface area contributed by atoms with Crippen molar-refractivity contribution in [3.63, 3.8) is 0 Å². The molecule has 0 saturated carbocycles. The first-order chi connectivity index (χ1) is 18.4. The number of anilines is 4. The first kappa shape index (κ1) is 33.5. The van der Waals surface area contributed by atoms with Gasteiger partial charge in [0.2, 0.25) is 5.95 Å². The van der Waals surface area contributed by atoms with Crippen LogP contribution in [-0.4, -0.2) is 54.9 Å². The van der Waals surface area contributed by atoms with E-state index in [0.717, 1.165) is 12.0 Å². The van der Waals surface area contributed by atoms with Crippen molar-refractivity contribution in [2.24, 2.45) is 5.18 Å². The fraction of sp³-hybridized carbons (Fsp3) is 0.586. The van der Waals surface area contributed by atoms with E-state index in [4.69, 9.17) is 4.74 Å². The highest BCUT2D eigenvalue weighted by molar-refractivity contribution is 5.98. The largest absolute Gasteiger partial charge is 0.485 e. The SMILES string of the molecule is CCC.CCC(C=O)N(C)c1nc(Nc2ccc(C(=O)N=O)c3c2OC(C)(C)C3)ncc1N(C)C.CCCC. The average Bonchev–Trinajstić information content (AvgIpc) is 3.24. The molecule has 1 atom stereocenters. The topological polar surface area (TPSA) is 117 Å². The van der Waals surface area contributed by atoms with E-state index in [0.29, 0.717) is 41.6 Å². The Morgan fingerprint density at radius 3 is 2.26 bits per heavy atom. The normalized spacial score (nSPS) is 13.3. The summed E-state index contributed by atoms with van der Waals surface area (Å²) < 4.78 is 6.07. The van der Waals surface area contributed by atoms with E-state index >= 15 is 0 Å². The molecule has 1 amide bonds. The summed E-state index contributed by atoms with van der Waals surface area (Å²) in [6.45, 7) is 14.4. The predicted molar refractivity (Wildman–Crippen MR) is 160 cm³/mol. The lowest BCUT2D eigenvalue weighted by atomic mass is 9.96. The lowest BCUT2D eigenvalue weighted by molar-refractivity contribution is -0.109. The number of likely N-dealkylation sites (N-methyl/N-ethyl adjacent to an activating group) is 1. The smallest absolute Gasteiger partial charge is 0.317 e. The molecule has 0 bridgehead atoms. The molecule has 0 spiro atoms. The third-order valence-corrected chi connectivity index (χ3v) is 5.94. The highest BCUT2D eigenvalue weighted by Crippen LogP contribution is 2.43. The molecule has 1 aliphatic heterocycles. The van der Waals surface area contributed by atoms with Crippen LogP contribution >= 0.6 is 0 Å². The minimum atomic E-state index is -0.830. The van der Waals surface area contributed by atoms with Crippen molar-refractivity contribution in [2.75, 3.05) is 36.3 Å². The van der Waals surface area contributed by atoms with Crippen LogP contribution < -0.4 is 19.9 Å². The molecule has 10 nitrogen and oxygen atoms in total. The van der Waals surface area contributed by atoms with E-state index in [2.05, 4.69) is 48.2 Å². The molecule has 0 radical (unpaired) electrons. The zero-order valence-corrected chi connectivity index (χ0v) is 25.3. The standard InChI is InChI=1S/C22H28N6O4.C4H10.C3H8/c1-7-13(12-29)28(6)19-17(27(4)5)11-23-21(25-19)24-16-9-8-14(20(30)26-31)15-10-22(2,3)32-18(15)16;1-3-4-2;1-3-2/h8-9,11-13H,7,10H2,1-6H3,(H,23,24,25);3-4H2,1-2H3;3H2,1-2H3. The number of rotatable bonds is 9. The quantitative estimate of drug-likeness (QED) is 0.278. The van der Waals surface area contributed by atoms with Crippen LogP contribution in [-0.2, 0) is 11.2 Å². The number of carbonyl (C=O) groups is 2. The fourth-order valence-electron chi connectivity index (χ4n) is 3.75. The number of carbonyl (C=O) groups excluding carboxylic acids is 2. The van der Waals surface area contributed by atoms with Gasteiger partial charge >= 0.3 is 5.91 Å². The third kappa shape index (κ3) is 9.01. The van der Waals surface area contributed by atoms with Crippen LogP contribution in [0.5, 0.6) is 5.75 Å². The first-order valence-corrected chi connectivity index (χ1v) is 13.7. The van der Waals surface area contributed by atoms with E-state index in [1.54, 1.807) is 18.3 Å². The number of amides is 1. The van der Waals surface area contributed by atoms with Crippen molar-refractivity contribution >= 4 is 35.3 Å². The molecule has 1 aromatic carbocycles. The van der Waals surface area contributed by atoms with E-state index in [1.807, 2.05) is 51.7 Å². The van der Waals surface area contributed by atoms with Crippen molar-refractivity contribution < 1.29 is 14.3 Å². The van der Waals surface area contributed by atoms with Crippen LogP contribution in [0.25, 0.3) is 0 Å². The average molecular weight is 543 g/mol. The van der Waals surface area contributed by atoms with Gasteiger partial charge in [-0.3, -0.25) is 4.79 Å². The lowest BCUT2D eigenvalue weighted by Crippen LogP contribution is -2.34. The van der Waals surface area contributed by atoms with Crippen LogP contribution in [0.1, 0.15) is 90.1 Å². The lowest BCUT2D eigenvalue weighted by Gasteiger charge is -2.28. The van der Waals surface area contributed by atoms with E-state index in [1.165, 1.54) is 19.3 Å². The van der Waals surface area contributed by atoms with Crippen molar-refractivity contribution in [1.82, 2.24) is 9.97 Å². The van der Waals surface area contributed by atoms with Crippen LogP contribution in [0.4, 0.5) is 23.1 Å². The van der Waals surface area contributed by atoms with Gasteiger partial charge in [-0.25, -0.2) is 4.98 Å². The summed E-state index contributed by atoms with van der Waals surface area (Å²) >= 11 is 0. The minimum absolute atomic E-state index is 0.229. The Morgan fingerprint density at radius 1 is 1.15 bits per heavy atom. The van der Waals surface area contributed by atoms with Crippen LogP contribution in [0, 0.1) is 4.91 Å². The van der Waals surface area contributed by atoms with Crippen molar-refractivity contribution in [3.05, 3.63) is 34.4 Å². The summed E-state index contributed by atoms with van der Waals surface area (Å²) in [5, 5.41) is 5.72. The molecule has 2 aromatic rings. The van der Waals surface area contributed by atoms with Gasteiger partial charge in [0.15, 0.2) is 5.82 Å². The van der Waals surface area contributed by atoms with Gasteiger partial charge in [0, 0.05) is 38.3 Å². The monoisotopic (exact) mass is 542 g/mol. The Bertz CT molecular complexity index is 1100. The van der Waals surface area contributed by atoms with E-state index in [9.17, 15) is 14.5 Å². The van der Waals surface area contributed by atoms with Crippen molar-refractivity contribution in [3.8, 4) is 5.75 Å². The Hall–Kier alpha value is -3.56. The molecule has 2 heterocycles. The zero-order chi connectivity index (χ0) is 29.8. The molecule has 216 valence electrons. The van der Waals surface area contributed by atoms with Crippen LogP contribution in [0.15, 0.2) is 23.5 Å². The van der Waals surface area contributed by atoms with Gasteiger partial charge in [0.1, 0.15) is 17.6 Å². The molecule has 1 aliphatic rings. The molecule has 0 aliphatic carbocycles. The predicted octanol–water partition coefficient (Wildman–Crippen LogP) is 6.54. The van der Waals surface area contributed by atoms with Crippen molar-refractivity contribution in [2.45, 2.75) is 92.2 Å². The molecular weight excluding hydrogens is 496 g/mol. The van der Waals surface area contributed by atoms with E-state index in [-0.39, 0.29) is 11.6 Å². The summed E-state index contributed by atoms with van der Waals surface area (Å²) in [5.74, 6) is 0.547. The number of hydrogen-bond donors (Lipinski definition) is 1.